The molecule has 0 unspecified atom stereocenters. The lowest BCUT2D eigenvalue weighted by molar-refractivity contribution is 0.310. The van der Waals surface area contributed by atoms with Crippen LogP contribution in [-0.4, -0.2) is 80.5 Å². The van der Waals surface area contributed by atoms with Gasteiger partial charge in [-0.25, -0.2) is 8.42 Å². The highest BCUT2D eigenvalue weighted by Gasteiger charge is 2.40. The maximum atomic E-state index is 12.1. The predicted octanol–water partition coefficient (Wildman–Crippen LogP) is 1.42. The molecule has 0 aromatic heterocycles. The summed E-state index contributed by atoms with van der Waals surface area (Å²) in [6, 6.07) is 0. The lowest BCUT2D eigenvalue weighted by Crippen LogP contribution is -2.57. The number of nitrogens with zero attached hydrogens (tertiary/aromatic N) is 3. The van der Waals surface area contributed by atoms with E-state index in [-0.39, 0.29) is 29.7 Å². The molecule has 0 spiro atoms. The molecule has 6 nitrogen and oxygen atoms in total. The number of halogens is 1. The van der Waals surface area contributed by atoms with Crippen LogP contribution in [0.5, 0.6) is 0 Å². The molecule has 0 atom stereocenters. The van der Waals surface area contributed by atoms with E-state index in [2.05, 4.69) is 34.0 Å². The first-order valence-corrected chi connectivity index (χ1v) is 9.90. The van der Waals surface area contributed by atoms with Crippen molar-refractivity contribution in [1.82, 2.24) is 15.1 Å². The molecule has 1 aliphatic rings. The van der Waals surface area contributed by atoms with Crippen LogP contribution in [0.15, 0.2) is 4.99 Å². The van der Waals surface area contributed by atoms with E-state index in [1.54, 1.807) is 13.8 Å². The van der Waals surface area contributed by atoms with Gasteiger partial charge in [-0.15, -0.1) is 24.0 Å². The van der Waals surface area contributed by atoms with Crippen molar-refractivity contribution < 1.29 is 8.42 Å². The second-order valence-corrected chi connectivity index (χ2v) is 9.01. The smallest absolute Gasteiger partial charge is 0.194 e. The Morgan fingerprint density at radius 3 is 2.35 bits per heavy atom. The van der Waals surface area contributed by atoms with Gasteiger partial charge >= 0.3 is 0 Å². The van der Waals surface area contributed by atoms with Crippen LogP contribution >= 0.6 is 24.0 Å². The zero-order valence-electron chi connectivity index (χ0n) is 15.1. The van der Waals surface area contributed by atoms with E-state index in [4.69, 9.17) is 0 Å². The zero-order valence-corrected chi connectivity index (χ0v) is 18.3. The average molecular weight is 460 g/mol. The highest BCUT2D eigenvalue weighted by atomic mass is 127. The topological polar surface area (TPSA) is 65.0 Å². The van der Waals surface area contributed by atoms with Crippen molar-refractivity contribution in [2.24, 2.45) is 4.99 Å². The van der Waals surface area contributed by atoms with Gasteiger partial charge in [0.1, 0.15) is 0 Å². The van der Waals surface area contributed by atoms with Crippen molar-refractivity contribution in [1.29, 1.82) is 0 Å². The van der Waals surface area contributed by atoms with Crippen molar-refractivity contribution in [3.8, 4) is 0 Å². The molecule has 8 heteroatoms. The number of likely N-dealkylation sites (N-methyl/N-ethyl adjacent to an activating group) is 1. The summed E-state index contributed by atoms with van der Waals surface area (Å²) in [7, 11) is -3.02. The van der Waals surface area contributed by atoms with Crippen LogP contribution in [0.1, 0.15) is 34.6 Å². The summed E-state index contributed by atoms with van der Waals surface area (Å²) in [5.74, 6) is 1.03. The molecule has 0 aromatic carbocycles. The van der Waals surface area contributed by atoms with Gasteiger partial charge in [-0.1, -0.05) is 13.8 Å². The standard InChI is InChI=1S/C15H32N4O2S.HI/c1-6-16-14(17-9-10-18(7-2)8-3)19-11-12-22(20,21)15(4,5)13-19;/h6-13H2,1-5H3,(H,16,17);1H. The molecular formula is C15H33IN4O2S. The predicted molar refractivity (Wildman–Crippen MR) is 109 cm³/mol. The number of aliphatic imine (C=N–C) groups is 1. The minimum atomic E-state index is -3.02. The van der Waals surface area contributed by atoms with Crippen molar-refractivity contribution in [2.75, 3.05) is 51.6 Å². The Kier molecular flexibility index (Phi) is 9.99. The van der Waals surface area contributed by atoms with E-state index in [1.165, 1.54) is 0 Å². The quantitative estimate of drug-likeness (QED) is 0.369. The SMILES string of the molecule is CCNC(=NCCN(CC)CC)N1CCS(=O)(=O)C(C)(C)C1.I. The molecule has 1 N–H and O–H groups in total. The van der Waals surface area contributed by atoms with Crippen LogP contribution < -0.4 is 5.32 Å². The number of nitrogens with one attached hydrogen (secondary N) is 1. The lowest BCUT2D eigenvalue weighted by atomic mass is 10.2. The summed E-state index contributed by atoms with van der Waals surface area (Å²) < 4.78 is 23.5. The fourth-order valence-corrected chi connectivity index (χ4v) is 3.95. The van der Waals surface area contributed by atoms with Crippen LogP contribution in [-0.2, 0) is 9.84 Å². The maximum absolute atomic E-state index is 12.1. The summed E-state index contributed by atoms with van der Waals surface area (Å²) in [5, 5.41) is 3.29. The third kappa shape index (κ3) is 6.38. The molecule has 1 fully saturated rings. The Labute approximate surface area is 159 Å². The summed E-state index contributed by atoms with van der Waals surface area (Å²) >= 11 is 0. The number of sulfone groups is 1. The van der Waals surface area contributed by atoms with Gasteiger partial charge in [-0.05, 0) is 33.9 Å². The fourth-order valence-electron chi connectivity index (χ4n) is 2.59. The van der Waals surface area contributed by atoms with Gasteiger partial charge in [-0.3, -0.25) is 4.99 Å². The Bertz CT molecular complexity index is 476. The van der Waals surface area contributed by atoms with Gasteiger partial charge in [0.05, 0.1) is 17.0 Å². The summed E-state index contributed by atoms with van der Waals surface area (Å²) in [6.45, 7) is 15.4. The van der Waals surface area contributed by atoms with E-state index < -0.39 is 14.6 Å². The van der Waals surface area contributed by atoms with E-state index >= 15 is 0 Å². The monoisotopic (exact) mass is 460 g/mol. The van der Waals surface area contributed by atoms with Crippen LogP contribution in [0, 0.1) is 0 Å². The zero-order chi connectivity index (χ0) is 16.8. The number of hydrogen-bond donors (Lipinski definition) is 1. The molecule has 1 aliphatic heterocycles. The molecule has 1 heterocycles. The summed E-state index contributed by atoms with van der Waals surface area (Å²) in [4.78, 5) is 9.09. The lowest BCUT2D eigenvalue weighted by Gasteiger charge is -2.39. The van der Waals surface area contributed by atoms with Crippen molar-refractivity contribution >= 4 is 39.8 Å². The summed E-state index contributed by atoms with van der Waals surface area (Å²) in [6.07, 6.45) is 0. The molecule has 0 radical (unpaired) electrons. The molecule has 23 heavy (non-hydrogen) atoms. The van der Waals surface area contributed by atoms with Crippen LogP contribution in [0.4, 0.5) is 0 Å². The third-order valence-electron chi connectivity index (χ3n) is 4.25. The second kappa shape index (κ2) is 10.0. The number of rotatable bonds is 6. The van der Waals surface area contributed by atoms with E-state index in [0.29, 0.717) is 13.1 Å². The normalized spacial score (nSPS) is 20.3. The van der Waals surface area contributed by atoms with Crippen LogP contribution in [0.2, 0.25) is 0 Å². The Morgan fingerprint density at radius 2 is 1.87 bits per heavy atom. The first kappa shape index (κ1) is 22.9. The first-order valence-electron chi connectivity index (χ1n) is 8.25. The van der Waals surface area contributed by atoms with Crippen molar-refractivity contribution in [3.05, 3.63) is 0 Å². The van der Waals surface area contributed by atoms with Gasteiger partial charge in [0.2, 0.25) is 0 Å². The van der Waals surface area contributed by atoms with E-state index in [1.807, 2.05) is 6.92 Å². The number of guanidine groups is 1. The van der Waals surface area contributed by atoms with Gasteiger partial charge in [0.15, 0.2) is 15.8 Å². The average Bonchev–Trinajstić information content (AvgIpc) is 2.45. The Morgan fingerprint density at radius 1 is 1.26 bits per heavy atom. The summed E-state index contributed by atoms with van der Waals surface area (Å²) in [5.41, 5.74) is 0. The van der Waals surface area contributed by atoms with Crippen molar-refractivity contribution in [2.45, 2.75) is 39.4 Å². The third-order valence-corrected chi connectivity index (χ3v) is 6.78. The molecule has 0 amide bonds. The van der Waals surface area contributed by atoms with E-state index in [9.17, 15) is 8.42 Å². The van der Waals surface area contributed by atoms with Gasteiger partial charge < -0.3 is 15.1 Å². The minimum absolute atomic E-state index is 0. The fraction of sp³-hybridized carbons (Fsp3) is 0.933. The van der Waals surface area contributed by atoms with Crippen molar-refractivity contribution in [3.63, 3.8) is 0 Å². The largest absolute Gasteiger partial charge is 0.357 e. The first-order chi connectivity index (χ1) is 10.3. The highest BCUT2D eigenvalue weighted by Crippen LogP contribution is 2.23. The molecule has 0 saturated carbocycles. The van der Waals surface area contributed by atoms with E-state index in [0.717, 1.165) is 38.7 Å². The Hall–Kier alpha value is -0.0900. The van der Waals surface area contributed by atoms with Gasteiger partial charge in [-0.2, -0.15) is 0 Å². The molecular weight excluding hydrogens is 427 g/mol. The van der Waals surface area contributed by atoms with Crippen LogP contribution in [0.25, 0.3) is 0 Å². The Balaban J connectivity index is 0.00000484. The minimum Gasteiger partial charge on any atom is -0.357 e. The molecule has 1 saturated heterocycles. The van der Waals surface area contributed by atoms with Gasteiger partial charge in [0, 0.05) is 26.2 Å². The second-order valence-electron chi connectivity index (χ2n) is 6.26. The molecule has 0 aliphatic carbocycles. The maximum Gasteiger partial charge on any atom is 0.194 e. The highest BCUT2D eigenvalue weighted by molar-refractivity contribution is 14.0. The molecule has 0 bridgehead atoms. The van der Waals surface area contributed by atoms with Crippen LogP contribution in [0.3, 0.4) is 0 Å². The van der Waals surface area contributed by atoms with Gasteiger partial charge in [0.25, 0.3) is 0 Å². The molecule has 1 rings (SSSR count). The molecule has 0 aromatic rings. The number of hydrogen-bond acceptors (Lipinski definition) is 4. The molecule has 138 valence electrons.